The fraction of sp³-hybridized carbons (Fsp3) is 0.200. The van der Waals surface area contributed by atoms with Gasteiger partial charge in [-0.05, 0) is 17.7 Å². The molecule has 3 N–H and O–H groups in total. The van der Waals surface area contributed by atoms with Crippen LogP contribution in [-0.4, -0.2) is 26.7 Å². The Bertz CT molecular complexity index is 475. The maximum Gasteiger partial charge on any atom is 0.105 e. The lowest BCUT2D eigenvalue weighted by Gasteiger charge is -2.11. The molecule has 1 aromatic carbocycles. The zero-order valence-corrected chi connectivity index (χ0v) is 10.4. The average Bonchev–Trinajstić information content (AvgIpc) is 2.82. The van der Waals surface area contributed by atoms with Crippen LogP contribution < -0.4 is 5.73 Å². The zero-order chi connectivity index (χ0) is 11.5. The monoisotopic (exact) mass is 274 g/mol. The van der Waals surface area contributed by atoms with Crippen molar-refractivity contribution in [3.63, 3.8) is 0 Å². The number of aromatic nitrogens is 3. The van der Waals surface area contributed by atoms with Crippen LogP contribution in [0.15, 0.2) is 30.6 Å². The van der Waals surface area contributed by atoms with Gasteiger partial charge < -0.3 is 10.8 Å². The molecule has 0 aliphatic rings. The van der Waals surface area contributed by atoms with Crippen LogP contribution in [-0.2, 0) is 0 Å². The molecule has 0 unspecified atom stereocenters. The molecule has 2 aromatic rings. The molecule has 0 fully saturated rings. The highest BCUT2D eigenvalue weighted by Gasteiger charge is 2.09. The Morgan fingerprint density at radius 1 is 1.35 bits per heavy atom. The van der Waals surface area contributed by atoms with Crippen molar-refractivity contribution >= 4 is 24.0 Å². The summed E-state index contributed by atoms with van der Waals surface area (Å²) in [7, 11) is 0. The molecule has 17 heavy (non-hydrogen) atoms. The van der Waals surface area contributed by atoms with E-state index in [1.165, 1.54) is 4.80 Å². The predicted molar refractivity (Wildman–Crippen MR) is 67.6 cm³/mol. The number of hydrogen-bond acceptors (Lipinski definition) is 4. The first kappa shape index (κ1) is 13.9. The number of nitrogens with zero attached hydrogens (tertiary/aromatic N) is 3. The van der Waals surface area contributed by atoms with Crippen LogP contribution in [0.5, 0.6) is 0 Å². The van der Waals surface area contributed by atoms with Crippen LogP contribution in [0.3, 0.4) is 0 Å². The fourth-order valence-corrected chi connectivity index (χ4v) is 1.55. The number of aliphatic hydroxyl groups is 1. The SMILES string of the molecule is Cl.N[C@H](CO)c1ccc(Cl)c(-n2nccn2)c1. The van der Waals surface area contributed by atoms with Gasteiger partial charge in [-0.25, -0.2) is 0 Å². The molecule has 0 aliphatic heterocycles. The summed E-state index contributed by atoms with van der Waals surface area (Å²) < 4.78 is 0. The number of rotatable bonds is 3. The normalized spacial score (nSPS) is 11.9. The van der Waals surface area contributed by atoms with Gasteiger partial charge in [-0.15, -0.1) is 12.4 Å². The molecule has 2 rings (SSSR count). The smallest absolute Gasteiger partial charge is 0.105 e. The molecule has 0 amide bonds. The molecule has 0 saturated carbocycles. The van der Waals surface area contributed by atoms with Crippen molar-refractivity contribution in [1.82, 2.24) is 15.0 Å². The molecule has 1 aromatic heterocycles. The first-order valence-corrected chi connectivity index (χ1v) is 5.12. The first-order chi connectivity index (χ1) is 7.72. The molecule has 0 aliphatic carbocycles. The number of benzene rings is 1. The second-order valence-electron chi connectivity index (χ2n) is 3.32. The maximum absolute atomic E-state index is 8.98. The van der Waals surface area contributed by atoms with Gasteiger partial charge in [0.15, 0.2) is 0 Å². The highest BCUT2D eigenvalue weighted by atomic mass is 35.5. The van der Waals surface area contributed by atoms with Crippen molar-refractivity contribution in [3.05, 3.63) is 41.2 Å². The van der Waals surface area contributed by atoms with E-state index in [0.29, 0.717) is 10.7 Å². The van der Waals surface area contributed by atoms with Gasteiger partial charge in [0, 0.05) is 0 Å². The Morgan fingerprint density at radius 3 is 2.59 bits per heavy atom. The quantitative estimate of drug-likeness (QED) is 0.886. The predicted octanol–water partition coefficient (Wildman–Crippen LogP) is 1.33. The number of aliphatic hydroxyl groups excluding tert-OH is 1. The lowest BCUT2D eigenvalue weighted by molar-refractivity contribution is 0.268. The van der Waals surface area contributed by atoms with Crippen LogP contribution in [0.2, 0.25) is 5.02 Å². The van der Waals surface area contributed by atoms with Crippen molar-refractivity contribution in [1.29, 1.82) is 0 Å². The van der Waals surface area contributed by atoms with E-state index in [1.807, 2.05) is 0 Å². The second-order valence-corrected chi connectivity index (χ2v) is 3.73. The summed E-state index contributed by atoms with van der Waals surface area (Å²) in [4.78, 5) is 1.41. The van der Waals surface area contributed by atoms with Crippen LogP contribution in [0.1, 0.15) is 11.6 Å². The van der Waals surface area contributed by atoms with Gasteiger partial charge in [0.05, 0.1) is 30.1 Å². The van der Waals surface area contributed by atoms with E-state index < -0.39 is 6.04 Å². The third-order valence-electron chi connectivity index (χ3n) is 2.23. The third kappa shape index (κ3) is 2.95. The van der Waals surface area contributed by atoms with E-state index >= 15 is 0 Å². The van der Waals surface area contributed by atoms with E-state index in [-0.39, 0.29) is 19.0 Å². The van der Waals surface area contributed by atoms with Crippen molar-refractivity contribution in [2.24, 2.45) is 5.73 Å². The molecule has 5 nitrogen and oxygen atoms in total. The zero-order valence-electron chi connectivity index (χ0n) is 8.82. The minimum atomic E-state index is -0.424. The van der Waals surface area contributed by atoms with Gasteiger partial charge in [0.1, 0.15) is 5.69 Å². The molecule has 1 heterocycles. The average molecular weight is 275 g/mol. The molecule has 7 heteroatoms. The fourth-order valence-electron chi connectivity index (χ4n) is 1.36. The van der Waals surface area contributed by atoms with E-state index in [4.69, 9.17) is 22.4 Å². The summed E-state index contributed by atoms with van der Waals surface area (Å²) in [5, 5.41) is 17.5. The summed E-state index contributed by atoms with van der Waals surface area (Å²) in [6.07, 6.45) is 3.13. The van der Waals surface area contributed by atoms with Crippen LogP contribution >= 0.6 is 24.0 Å². The highest BCUT2D eigenvalue weighted by molar-refractivity contribution is 6.32. The molecule has 92 valence electrons. The van der Waals surface area contributed by atoms with E-state index in [1.54, 1.807) is 30.6 Å². The third-order valence-corrected chi connectivity index (χ3v) is 2.55. The molecule has 0 bridgehead atoms. The standard InChI is InChI=1S/C10H11ClN4O.ClH/c11-8-2-1-7(9(12)6-16)5-10(8)15-13-3-4-14-15;/h1-5,9,16H,6,12H2;1H/t9-;/m1./s1. The Morgan fingerprint density at radius 2 is 2.00 bits per heavy atom. The molecule has 0 radical (unpaired) electrons. The number of hydrogen-bond donors (Lipinski definition) is 2. The molecule has 0 saturated heterocycles. The molecular formula is C10H12Cl2N4O. The minimum Gasteiger partial charge on any atom is -0.394 e. The molecule has 0 spiro atoms. The number of nitrogens with two attached hydrogens (primary N) is 1. The lowest BCUT2D eigenvalue weighted by atomic mass is 10.1. The van der Waals surface area contributed by atoms with Gasteiger partial charge in [-0.3, -0.25) is 0 Å². The Hall–Kier alpha value is -1.14. The Labute approximate surface area is 110 Å². The summed E-state index contributed by atoms with van der Waals surface area (Å²) in [6.45, 7) is -0.117. The Balaban J connectivity index is 0.00000144. The maximum atomic E-state index is 8.98. The van der Waals surface area contributed by atoms with Gasteiger partial charge in [-0.1, -0.05) is 17.7 Å². The van der Waals surface area contributed by atoms with Gasteiger partial charge in [0.25, 0.3) is 0 Å². The summed E-state index contributed by atoms with van der Waals surface area (Å²) in [5.74, 6) is 0. The van der Waals surface area contributed by atoms with Crippen LogP contribution in [0.4, 0.5) is 0 Å². The van der Waals surface area contributed by atoms with Crippen LogP contribution in [0.25, 0.3) is 5.69 Å². The van der Waals surface area contributed by atoms with E-state index in [2.05, 4.69) is 10.2 Å². The lowest BCUT2D eigenvalue weighted by Crippen LogP contribution is -2.15. The minimum absolute atomic E-state index is 0. The summed E-state index contributed by atoms with van der Waals surface area (Å²) in [5.41, 5.74) is 7.16. The van der Waals surface area contributed by atoms with Crippen LogP contribution in [0, 0.1) is 0 Å². The van der Waals surface area contributed by atoms with Crippen molar-refractivity contribution in [3.8, 4) is 5.69 Å². The Kier molecular flexibility index (Phi) is 4.89. The molecular weight excluding hydrogens is 263 g/mol. The van der Waals surface area contributed by atoms with Gasteiger partial charge in [0.2, 0.25) is 0 Å². The van der Waals surface area contributed by atoms with Crippen molar-refractivity contribution < 1.29 is 5.11 Å². The summed E-state index contributed by atoms with van der Waals surface area (Å²) >= 11 is 6.03. The first-order valence-electron chi connectivity index (χ1n) is 4.75. The van der Waals surface area contributed by atoms with Gasteiger partial charge >= 0.3 is 0 Å². The van der Waals surface area contributed by atoms with E-state index in [0.717, 1.165) is 5.56 Å². The molecule has 1 atom stereocenters. The summed E-state index contributed by atoms with van der Waals surface area (Å²) in [6, 6.07) is 4.83. The van der Waals surface area contributed by atoms with E-state index in [9.17, 15) is 0 Å². The van der Waals surface area contributed by atoms with Crippen molar-refractivity contribution in [2.75, 3.05) is 6.61 Å². The van der Waals surface area contributed by atoms with Crippen molar-refractivity contribution in [2.45, 2.75) is 6.04 Å². The highest BCUT2D eigenvalue weighted by Crippen LogP contribution is 2.22. The van der Waals surface area contributed by atoms with Gasteiger partial charge in [-0.2, -0.15) is 15.0 Å². The topological polar surface area (TPSA) is 77.0 Å². The second kappa shape index (κ2) is 5.97. The largest absolute Gasteiger partial charge is 0.394 e. The number of halogens is 2.